The van der Waals surface area contributed by atoms with Gasteiger partial charge in [-0.2, -0.15) is 31.6 Å². The van der Waals surface area contributed by atoms with E-state index in [-0.39, 0.29) is 40.7 Å². The summed E-state index contributed by atoms with van der Waals surface area (Å²) in [6.07, 6.45) is -9.36. The van der Waals surface area contributed by atoms with Gasteiger partial charge in [-0.25, -0.2) is 13.4 Å². The van der Waals surface area contributed by atoms with Crippen LogP contribution in [0.15, 0.2) is 95.9 Å². The van der Waals surface area contributed by atoms with Crippen molar-refractivity contribution >= 4 is 26.7 Å². The van der Waals surface area contributed by atoms with E-state index >= 15 is 0 Å². The SMILES string of the molecule is N#Cc1ccc(CCc2nc3cc(NS(=O)(=O)c4ccccc4)ccc3n2Cc2cc(C(F)(F)F)cc(C(F)(F)F)c2)cc1. The molecule has 1 heterocycles. The summed E-state index contributed by atoms with van der Waals surface area (Å²) in [4.78, 5) is 4.62. The number of nitriles is 1. The molecular formula is C31H22F6N4O2S. The number of halogens is 6. The molecule has 0 unspecified atom stereocenters. The van der Waals surface area contributed by atoms with Gasteiger partial charge in [0, 0.05) is 13.0 Å². The first-order valence-corrected chi connectivity index (χ1v) is 14.6. The van der Waals surface area contributed by atoms with Crippen molar-refractivity contribution in [2.24, 2.45) is 0 Å². The molecule has 0 radical (unpaired) electrons. The Morgan fingerprint density at radius 1 is 0.773 bits per heavy atom. The Kier molecular flexibility index (Phi) is 8.13. The summed E-state index contributed by atoms with van der Waals surface area (Å²) in [5, 5.41) is 9.04. The fourth-order valence-corrected chi connectivity index (χ4v) is 5.79. The highest BCUT2D eigenvalue weighted by molar-refractivity contribution is 7.92. The van der Waals surface area contributed by atoms with E-state index in [9.17, 15) is 34.8 Å². The molecule has 0 spiro atoms. The maximum Gasteiger partial charge on any atom is 0.416 e. The van der Waals surface area contributed by atoms with E-state index < -0.39 is 33.5 Å². The molecule has 1 aromatic heterocycles. The highest BCUT2D eigenvalue weighted by Crippen LogP contribution is 2.37. The van der Waals surface area contributed by atoms with Crippen molar-refractivity contribution in [2.75, 3.05) is 4.72 Å². The van der Waals surface area contributed by atoms with Gasteiger partial charge < -0.3 is 4.57 Å². The van der Waals surface area contributed by atoms with Crippen molar-refractivity contribution in [2.45, 2.75) is 36.6 Å². The van der Waals surface area contributed by atoms with Gasteiger partial charge in [0.25, 0.3) is 10.0 Å². The molecule has 0 aliphatic heterocycles. The number of hydrogen-bond donors (Lipinski definition) is 1. The van der Waals surface area contributed by atoms with Gasteiger partial charge in [-0.3, -0.25) is 4.72 Å². The van der Waals surface area contributed by atoms with E-state index in [1.165, 1.54) is 34.9 Å². The van der Waals surface area contributed by atoms with Crippen LogP contribution in [0.4, 0.5) is 32.0 Å². The van der Waals surface area contributed by atoms with Crippen molar-refractivity contribution < 1.29 is 34.8 Å². The van der Waals surface area contributed by atoms with E-state index in [2.05, 4.69) is 9.71 Å². The number of nitrogens with zero attached hydrogens (tertiary/aromatic N) is 3. The average Bonchev–Trinajstić information content (AvgIpc) is 3.31. The first kappa shape index (κ1) is 30.6. The maximum atomic E-state index is 13.5. The molecule has 0 saturated carbocycles. The van der Waals surface area contributed by atoms with Gasteiger partial charge in [-0.1, -0.05) is 30.3 Å². The van der Waals surface area contributed by atoms with Crippen molar-refractivity contribution in [3.63, 3.8) is 0 Å². The summed E-state index contributed by atoms with van der Waals surface area (Å²) in [6.45, 7) is -0.360. The number of alkyl halides is 6. The lowest BCUT2D eigenvalue weighted by molar-refractivity contribution is -0.143. The zero-order chi connectivity index (χ0) is 31.7. The Hall–Kier alpha value is -4.83. The van der Waals surface area contributed by atoms with Crippen LogP contribution in [0.3, 0.4) is 0 Å². The topological polar surface area (TPSA) is 87.8 Å². The van der Waals surface area contributed by atoms with Crippen LogP contribution in [0.25, 0.3) is 11.0 Å². The van der Waals surface area contributed by atoms with Crippen LogP contribution in [-0.4, -0.2) is 18.0 Å². The number of aryl methyl sites for hydroxylation is 2. The molecule has 5 rings (SSSR count). The molecule has 1 N–H and O–H groups in total. The van der Waals surface area contributed by atoms with Crippen LogP contribution in [-0.2, 0) is 41.8 Å². The highest BCUT2D eigenvalue weighted by Gasteiger charge is 2.37. The number of hydrogen-bond acceptors (Lipinski definition) is 4. The van der Waals surface area contributed by atoms with Crippen LogP contribution >= 0.6 is 0 Å². The second-order valence-corrected chi connectivity index (χ2v) is 11.6. The minimum atomic E-state index is -5.00. The molecule has 0 fully saturated rings. The molecule has 5 aromatic rings. The van der Waals surface area contributed by atoms with Crippen LogP contribution in [0.1, 0.15) is 33.6 Å². The summed E-state index contributed by atoms with van der Waals surface area (Å²) in [5.74, 6) is 0.360. The number of fused-ring (bicyclic) bond motifs is 1. The first-order valence-electron chi connectivity index (χ1n) is 13.1. The molecule has 0 aliphatic rings. The van der Waals surface area contributed by atoms with E-state index in [0.717, 1.165) is 5.56 Å². The lowest BCUT2D eigenvalue weighted by atomic mass is 10.0. The lowest BCUT2D eigenvalue weighted by Crippen LogP contribution is -2.14. The first-order chi connectivity index (χ1) is 20.7. The zero-order valence-corrected chi connectivity index (χ0v) is 23.4. The number of anilines is 1. The summed E-state index contributed by atoms with van der Waals surface area (Å²) >= 11 is 0. The fraction of sp³-hybridized carbons (Fsp3) is 0.161. The van der Waals surface area contributed by atoms with Gasteiger partial charge in [0.05, 0.1) is 44.4 Å². The van der Waals surface area contributed by atoms with Gasteiger partial charge >= 0.3 is 12.4 Å². The second kappa shape index (κ2) is 11.7. The summed E-state index contributed by atoms with van der Waals surface area (Å²) < 4.78 is 111. The smallest absolute Gasteiger partial charge is 0.323 e. The van der Waals surface area contributed by atoms with Gasteiger partial charge in [0.1, 0.15) is 5.82 Å². The van der Waals surface area contributed by atoms with Crippen LogP contribution in [0.5, 0.6) is 0 Å². The number of rotatable bonds is 8. The molecule has 4 aromatic carbocycles. The largest absolute Gasteiger partial charge is 0.416 e. The number of nitrogens with one attached hydrogen (secondary N) is 1. The highest BCUT2D eigenvalue weighted by atomic mass is 32.2. The fourth-order valence-electron chi connectivity index (χ4n) is 4.72. The summed E-state index contributed by atoms with van der Waals surface area (Å²) in [7, 11) is -3.94. The van der Waals surface area contributed by atoms with Crippen LogP contribution in [0.2, 0.25) is 0 Å². The number of benzene rings is 4. The number of aromatic nitrogens is 2. The van der Waals surface area contributed by atoms with E-state index in [4.69, 9.17) is 5.26 Å². The Morgan fingerprint density at radius 3 is 2.00 bits per heavy atom. The van der Waals surface area contributed by atoms with Crippen LogP contribution in [0, 0.1) is 11.3 Å². The average molecular weight is 629 g/mol. The monoisotopic (exact) mass is 628 g/mol. The Balaban J connectivity index is 1.55. The van der Waals surface area contributed by atoms with Gasteiger partial charge in [-0.15, -0.1) is 0 Å². The molecular weight excluding hydrogens is 606 g/mol. The van der Waals surface area contributed by atoms with Crippen LogP contribution < -0.4 is 4.72 Å². The molecule has 0 amide bonds. The van der Waals surface area contributed by atoms with Crippen molar-refractivity contribution in [1.82, 2.24) is 9.55 Å². The predicted molar refractivity (Wildman–Crippen MR) is 151 cm³/mol. The number of imidazole rings is 1. The third-order valence-corrected chi connectivity index (χ3v) is 8.24. The van der Waals surface area contributed by atoms with Gasteiger partial charge in [-0.05, 0) is 78.2 Å². The predicted octanol–water partition coefficient (Wildman–Crippen LogP) is 7.58. The molecule has 0 aliphatic carbocycles. The third kappa shape index (κ3) is 6.86. The minimum absolute atomic E-state index is 0.0266. The van der Waals surface area contributed by atoms with Gasteiger partial charge in [0.15, 0.2) is 0 Å². The number of sulfonamides is 1. The maximum absolute atomic E-state index is 13.5. The zero-order valence-electron chi connectivity index (χ0n) is 22.6. The molecule has 44 heavy (non-hydrogen) atoms. The second-order valence-electron chi connectivity index (χ2n) is 9.96. The summed E-state index contributed by atoms with van der Waals surface area (Å²) in [5.41, 5.74) is -0.964. The minimum Gasteiger partial charge on any atom is -0.323 e. The molecule has 0 bridgehead atoms. The molecule has 13 heteroatoms. The quantitative estimate of drug-likeness (QED) is 0.180. The van der Waals surface area contributed by atoms with E-state index in [1.807, 2.05) is 6.07 Å². The third-order valence-electron chi connectivity index (χ3n) is 6.84. The molecule has 0 saturated heterocycles. The standard InChI is InChI=1S/C31H22F6N4O2S/c32-30(33,34)23-14-22(15-24(16-23)31(35,36)37)19-41-28-12-11-25(40-44(42,43)26-4-2-1-3-5-26)17-27(28)39-29(41)13-10-20-6-8-21(18-38)9-7-20/h1-9,11-12,14-17,40H,10,13,19H2. The Bertz CT molecular complexity index is 1930. The summed E-state index contributed by atoms with van der Waals surface area (Å²) in [6, 6.07) is 22.2. The Morgan fingerprint density at radius 2 is 1.41 bits per heavy atom. The molecule has 226 valence electrons. The molecule has 0 atom stereocenters. The van der Waals surface area contributed by atoms with E-state index in [0.29, 0.717) is 35.5 Å². The normalized spacial score (nSPS) is 12.3. The lowest BCUT2D eigenvalue weighted by Gasteiger charge is -2.16. The van der Waals surface area contributed by atoms with E-state index in [1.54, 1.807) is 42.5 Å². The van der Waals surface area contributed by atoms with Crippen molar-refractivity contribution in [1.29, 1.82) is 5.26 Å². The van der Waals surface area contributed by atoms with Gasteiger partial charge in [0.2, 0.25) is 0 Å². The Labute approximate surface area is 248 Å². The molecule has 6 nitrogen and oxygen atoms in total. The van der Waals surface area contributed by atoms with Crippen molar-refractivity contribution in [3.05, 3.63) is 125 Å². The van der Waals surface area contributed by atoms with Crippen molar-refractivity contribution in [3.8, 4) is 6.07 Å².